The molecule has 18 heavy (non-hydrogen) atoms. The van der Waals surface area contributed by atoms with Crippen molar-refractivity contribution in [1.29, 1.82) is 0 Å². The minimum absolute atomic E-state index is 0.134. The molecule has 1 rings (SSSR count). The van der Waals surface area contributed by atoms with Gasteiger partial charge in [-0.1, -0.05) is 39.8 Å². The normalized spacial score (nSPS) is 14.8. The van der Waals surface area contributed by atoms with E-state index < -0.39 is 0 Å². The summed E-state index contributed by atoms with van der Waals surface area (Å²) in [5, 5.41) is 3.49. The maximum atomic E-state index is 13.1. The van der Waals surface area contributed by atoms with Crippen LogP contribution in [-0.4, -0.2) is 13.1 Å². The van der Waals surface area contributed by atoms with E-state index in [1.807, 2.05) is 6.07 Å². The summed E-state index contributed by atoms with van der Waals surface area (Å²) < 4.78 is 13.1. The zero-order valence-corrected chi connectivity index (χ0v) is 12.0. The van der Waals surface area contributed by atoms with Crippen molar-refractivity contribution in [2.75, 3.05) is 13.1 Å². The summed E-state index contributed by atoms with van der Waals surface area (Å²) in [5.41, 5.74) is 1.10. The van der Waals surface area contributed by atoms with Crippen molar-refractivity contribution in [2.24, 2.45) is 17.8 Å². The van der Waals surface area contributed by atoms with Gasteiger partial charge in [-0.3, -0.25) is 0 Å². The van der Waals surface area contributed by atoms with Crippen LogP contribution in [0.15, 0.2) is 24.3 Å². The van der Waals surface area contributed by atoms with Crippen molar-refractivity contribution in [3.8, 4) is 0 Å². The van der Waals surface area contributed by atoms with Gasteiger partial charge in [0.25, 0.3) is 0 Å². The van der Waals surface area contributed by atoms with Crippen molar-refractivity contribution < 1.29 is 4.39 Å². The van der Waals surface area contributed by atoms with E-state index in [9.17, 15) is 4.39 Å². The maximum absolute atomic E-state index is 13.1. The fourth-order valence-corrected chi connectivity index (χ4v) is 2.04. The molecule has 0 heterocycles. The van der Waals surface area contributed by atoms with Gasteiger partial charge >= 0.3 is 0 Å². The Kier molecular flexibility index (Phi) is 6.34. The molecule has 2 atom stereocenters. The molecule has 0 saturated heterocycles. The number of nitrogens with one attached hydrogen (secondary N) is 1. The molecule has 0 aliphatic rings. The summed E-state index contributed by atoms with van der Waals surface area (Å²) in [5.74, 6) is 1.72. The van der Waals surface area contributed by atoms with Crippen LogP contribution in [0.4, 0.5) is 4.39 Å². The first-order valence-electron chi connectivity index (χ1n) is 6.94. The number of hydrogen-bond donors (Lipinski definition) is 1. The van der Waals surface area contributed by atoms with Crippen LogP contribution in [0.5, 0.6) is 0 Å². The molecule has 0 spiro atoms. The largest absolute Gasteiger partial charge is 0.316 e. The zero-order chi connectivity index (χ0) is 13.5. The number of rotatable bonds is 7. The van der Waals surface area contributed by atoms with Gasteiger partial charge in [-0.05, 0) is 55.0 Å². The summed E-state index contributed by atoms with van der Waals surface area (Å²) in [6.07, 6.45) is 0.947. The van der Waals surface area contributed by atoms with E-state index in [1.165, 1.54) is 6.07 Å². The first kappa shape index (κ1) is 15.2. The molecule has 1 nitrogen and oxygen atoms in total. The van der Waals surface area contributed by atoms with E-state index in [4.69, 9.17) is 0 Å². The van der Waals surface area contributed by atoms with Crippen LogP contribution < -0.4 is 5.32 Å². The Labute approximate surface area is 111 Å². The van der Waals surface area contributed by atoms with Gasteiger partial charge in [-0.2, -0.15) is 0 Å². The van der Waals surface area contributed by atoms with Crippen LogP contribution in [0, 0.1) is 23.6 Å². The Morgan fingerprint density at radius 2 is 1.78 bits per heavy atom. The van der Waals surface area contributed by atoms with Gasteiger partial charge in [0.2, 0.25) is 0 Å². The molecule has 1 aromatic carbocycles. The fraction of sp³-hybridized carbons (Fsp3) is 0.625. The highest BCUT2D eigenvalue weighted by atomic mass is 19.1. The van der Waals surface area contributed by atoms with Gasteiger partial charge in [0.05, 0.1) is 0 Å². The van der Waals surface area contributed by atoms with Crippen LogP contribution >= 0.6 is 0 Å². The van der Waals surface area contributed by atoms with Crippen molar-refractivity contribution in [3.63, 3.8) is 0 Å². The summed E-state index contributed by atoms with van der Waals surface area (Å²) in [7, 11) is 0. The van der Waals surface area contributed by atoms with Crippen LogP contribution in [0.2, 0.25) is 0 Å². The molecule has 0 saturated carbocycles. The highest BCUT2D eigenvalue weighted by Gasteiger charge is 2.13. The summed E-state index contributed by atoms with van der Waals surface area (Å²) >= 11 is 0. The molecule has 102 valence electrons. The molecule has 2 heteroatoms. The Hall–Kier alpha value is -0.890. The number of benzene rings is 1. The van der Waals surface area contributed by atoms with Gasteiger partial charge in [-0.15, -0.1) is 0 Å². The van der Waals surface area contributed by atoms with E-state index in [0.717, 1.165) is 25.1 Å². The molecule has 0 aliphatic carbocycles. The van der Waals surface area contributed by atoms with Gasteiger partial charge in [-0.25, -0.2) is 4.39 Å². The fourth-order valence-electron chi connectivity index (χ4n) is 2.04. The monoisotopic (exact) mass is 251 g/mol. The molecule has 0 fully saturated rings. The van der Waals surface area contributed by atoms with Gasteiger partial charge < -0.3 is 5.32 Å². The minimum atomic E-state index is -0.134. The van der Waals surface area contributed by atoms with Crippen LogP contribution in [-0.2, 0) is 6.42 Å². The van der Waals surface area contributed by atoms with Gasteiger partial charge in [0.1, 0.15) is 5.82 Å². The Morgan fingerprint density at radius 1 is 1.06 bits per heavy atom. The third kappa shape index (κ3) is 5.63. The van der Waals surface area contributed by atoms with Gasteiger partial charge in [0.15, 0.2) is 0 Å². The van der Waals surface area contributed by atoms with Crippen LogP contribution in [0.3, 0.4) is 0 Å². The Balaban J connectivity index is 2.37. The summed E-state index contributed by atoms with van der Waals surface area (Å²) in [6, 6.07) is 6.94. The topological polar surface area (TPSA) is 12.0 Å². The Bertz CT molecular complexity index is 349. The Morgan fingerprint density at radius 3 is 2.39 bits per heavy atom. The SMILES string of the molecule is CC(C)CNCC(C)C(C)Cc1cccc(F)c1. The number of halogens is 1. The molecular formula is C16H26FN. The highest BCUT2D eigenvalue weighted by Crippen LogP contribution is 2.17. The van der Waals surface area contributed by atoms with E-state index in [0.29, 0.717) is 17.8 Å². The molecule has 0 radical (unpaired) electrons. The van der Waals surface area contributed by atoms with Crippen molar-refractivity contribution in [1.82, 2.24) is 5.32 Å². The zero-order valence-electron chi connectivity index (χ0n) is 12.0. The molecule has 0 bridgehead atoms. The smallest absolute Gasteiger partial charge is 0.123 e. The van der Waals surface area contributed by atoms with E-state index >= 15 is 0 Å². The first-order valence-corrected chi connectivity index (χ1v) is 6.94. The van der Waals surface area contributed by atoms with Crippen LogP contribution in [0.1, 0.15) is 33.3 Å². The molecular weight excluding hydrogens is 225 g/mol. The lowest BCUT2D eigenvalue weighted by Gasteiger charge is -2.21. The van der Waals surface area contributed by atoms with E-state index in [-0.39, 0.29) is 5.82 Å². The molecule has 1 aromatic rings. The quantitative estimate of drug-likeness (QED) is 0.775. The molecule has 0 aromatic heterocycles. The second-order valence-corrected chi connectivity index (χ2v) is 5.84. The lowest BCUT2D eigenvalue weighted by Crippen LogP contribution is -2.28. The minimum Gasteiger partial charge on any atom is -0.316 e. The predicted octanol–water partition coefficient (Wildman–Crippen LogP) is 3.89. The van der Waals surface area contributed by atoms with E-state index in [1.54, 1.807) is 12.1 Å². The van der Waals surface area contributed by atoms with E-state index in [2.05, 4.69) is 33.0 Å². The standard InChI is InChI=1S/C16H26FN/c1-12(2)10-18-11-14(4)13(3)8-15-6-5-7-16(17)9-15/h5-7,9,12-14,18H,8,10-11H2,1-4H3. The molecule has 0 aliphatic heterocycles. The lowest BCUT2D eigenvalue weighted by atomic mass is 9.89. The maximum Gasteiger partial charge on any atom is 0.123 e. The third-order valence-electron chi connectivity index (χ3n) is 3.44. The van der Waals surface area contributed by atoms with Crippen molar-refractivity contribution in [2.45, 2.75) is 34.1 Å². The predicted molar refractivity (Wildman–Crippen MR) is 76.1 cm³/mol. The average Bonchev–Trinajstić information content (AvgIpc) is 2.28. The summed E-state index contributed by atoms with van der Waals surface area (Å²) in [6.45, 7) is 11.0. The average molecular weight is 251 g/mol. The second-order valence-electron chi connectivity index (χ2n) is 5.84. The van der Waals surface area contributed by atoms with Crippen molar-refractivity contribution >= 4 is 0 Å². The molecule has 1 N–H and O–H groups in total. The van der Waals surface area contributed by atoms with Gasteiger partial charge in [0, 0.05) is 0 Å². The molecule has 0 amide bonds. The number of hydrogen-bond acceptors (Lipinski definition) is 1. The summed E-state index contributed by atoms with van der Waals surface area (Å²) in [4.78, 5) is 0. The van der Waals surface area contributed by atoms with Crippen LogP contribution in [0.25, 0.3) is 0 Å². The first-order chi connectivity index (χ1) is 8.49. The molecule has 2 unspecified atom stereocenters. The second kappa shape index (κ2) is 7.52. The third-order valence-corrected chi connectivity index (χ3v) is 3.44. The van der Waals surface area contributed by atoms with Crippen molar-refractivity contribution in [3.05, 3.63) is 35.6 Å². The highest BCUT2D eigenvalue weighted by molar-refractivity contribution is 5.16. The lowest BCUT2D eigenvalue weighted by molar-refractivity contribution is 0.357.